The summed E-state index contributed by atoms with van der Waals surface area (Å²) in [5.41, 5.74) is 0.609. The van der Waals surface area contributed by atoms with Gasteiger partial charge in [-0.05, 0) is 18.1 Å². The average Bonchev–Trinajstić information content (AvgIpc) is 2.63. The second kappa shape index (κ2) is 5.14. The molecule has 0 atom stereocenters. The smallest absolute Gasteiger partial charge is 0.192 e. The maximum absolute atomic E-state index is 10.5. The Morgan fingerprint density at radius 3 is 2.59 bits per heavy atom. The lowest BCUT2D eigenvalue weighted by atomic mass is 10.2. The third-order valence-electron chi connectivity index (χ3n) is 3.38. The molecule has 0 saturated heterocycles. The van der Waals surface area contributed by atoms with E-state index in [1.54, 1.807) is 17.1 Å². The van der Waals surface area contributed by atoms with E-state index in [0.29, 0.717) is 18.7 Å². The first kappa shape index (κ1) is 14.1. The van der Waals surface area contributed by atoms with Gasteiger partial charge in [0, 0.05) is 6.20 Å². The van der Waals surface area contributed by atoms with Crippen LogP contribution in [0.25, 0.3) is 0 Å². The summed E-state index contributed by atoms with van der Waals surface area (Å²) < 4.78 is 7.78. The molecular formula is C12H22N2O2Si. The van der Waals surface area contributed by atoms with Gasteiger partial charge < -0.3 is 4.43 Å². The van der Waals surface area contributed by atoms with Gasteiger partial charge in [-0.2, -0.15) is 5.10 Å². The lowest BCUT2D eigenvalue weighted by Crippen LogP contribution is -2.41. The molecule has 0 aliphatic heterocycles. The van der Waals surface area contributed by atoms with Crippen molar-refractivity contribution in [3.05, 3.63) is 18.0 Å². The van der Waals surface area contributed by atoms with Gasteiger partial charge in [-0.3, -0.25) is 9.48 Å². The van der Waals surface area contributed by atoms with E-state index < -0.39 is 8.32 Å². The van der Waals surface area contributed by atoms with Gasteiger partial charge in [0.25, 0.3) is 0 Å². The summed E-state index contributed by atoms with van der Waals surface area (Å²) in [5.74, 6) is 0. The second-order valence-electron chi connectivity index (χ2n) is 5.76. The maximum Gasteiger partial charge on any atom is 0.192 e. The molecule has 0 unspecified atom stereocenters. The van der Waals surface area contributed by atoms with Gasteiger partial charge in [-0.15, -0.1) is 0 Å². The zero-order valence-corrected chi connectivity index (χ0v) is 12.4. The van der Waals surface area contributed by atoms with E-state index in [1.807, 2.05) is 0 Å². The van der Waals surface area contributed by atoms with Gasteiger partial charge >= 0.3 is 0 Å². The largest absolute Gasteiger partial charge is 0.415 e. The molecule has 96 valence electrons. The van der Waals surface area contributed by atoms with Gasteiger partial charge in [-0.25, -0.2) is 0 Å². The Morgan fingerprint density at radius 2 is 2.12 bits per heavy atom. The molecule has 0 N–H and O–H groups in total. The number of nitrogens with zero attached hydrogens (tertiary/aromatic N) is 2. The topological polar surface area (TPSA) is 44.1 Å². The Kier molecular flexibility index (Phi) is 4.27. The summed E-state index contributed by atoms with van der Waals surface area (Å²) in [6, 6.07) is 0. The van der Waals surface area contributed by atoms with E-state index in [2.05, 4.69) is 39.0 Å². The van der Waals surface area contributed by atoms with E-state index in [4.69, 9.17) is 4.43 Å². The number of rotatable bonds is 5. The number of aldehydes is 1. The van der Waals surface area contributed by atoms with Crippen molar-refractivity contribution in [3.63, 3.8) is 0 Å². The molecule has 0 aliphatic carbocycles. The molecule has 0 aromatic carbocycles. The SMILES string of the molecule is CC(C)(C)[Si](C)(C)OCCn1cc(C=O)cn1. The van der Waals surface area contributed by atoms with E-state index in [9.17, 15) is 4.79 Å². The predicted molar refractivity (Wildman–Crippen MR) is 70.8 cm³/mol. The molecule has 0 radical (unpaired) electrons. The van der Waals surface area contributed by atoms with Crippen molar-refractivity contribution in [2.75, 3.05) is 6.61 Å². The lowest BCUT2D eigenvalue weighted by Gasteiger charge is -2.36. The third-order valence-corrected chi connectivity index (χ3v) is 7.92. The lowest BCUT2D eigenvalue weighted by molar-refractivity contribution is 0.112. The van der Waals surface area contributed by atoms with Crippen LogP contribution in [0.2, 0.25) is 18.1 Å². The number of carbonyl (C=O) groups excluding carboxylic acids is 1. The zero-order chi connectivity index (χ0) is 13.1. The minimum absolute atomic E-state index is 0.227. The minimum atomic E-state index is -1.67. The zero-order valence-electron chi connectivity index (χ0n) is 11.4. The fourth-order valence-electron chi connectivity index (χ4n) is 1.17. The van der Waals surface area contributed by atoms with Gasteiger partial charge in [0.05, 0.1) is 24.9 Å². The summed E-state index contributed by atoms with van der Waals surface area (Å²) in [5, 5.41) is 4.32. The normalized spacial score (nSPS) is 12.8. The molecule has 4 nitrogen and oxygen atoms in total. The van der Waals surface area contributed by atoms with E-state index in [-0.39, 0.29) is 5.04 Å². The highest BCUT2D eigenvalue weighted by Gasteiger charge is 2.36. The molecule has 1 aromatic heterocycles. The molecule has 0 bridgehead atoms. The number of aromatic nitrogens is 2. The van der Waals surface area contributed by atoms with Crippen molar-refractivity contribution in [1.82, 2.24) is 9.78 Å². The first-order valence-electron chi connectivity index (χ1n) is 5.88. The van der Waals surface area contributed by atoms with Crippen LogP contribution in [0, 0.1) is 0 Å². The maximum atomic E-state index is 10.5. The molecule has 1 rings (SSSR count). The fourth-order valence-corrected chi connectivity index (χ4v) is 2.21. The van der Waals surface area contributed by atoms with Crippen LogP contribution in [0.4, 0.5) is 0 Å². The van der Waals surface area contributed by atoms with Crippen LogP contribution in [0.5, 0.6) is 0 Å². The summed E-state index contributed by atoms with van der Waals surface area (Å²) >= 11 is 0. The summed E-state index contributed by atoms with van der Waals surface area (Å²) in [6.07, 6.45) is 4.11. The van der Waals surface area contributed by atoms with Gasteiger partial charge in [-0.1, -0.05) is 20.8 Å². The highest BCUT2D eigenvalue weighted by atomic mass is 28.4. The molecule has 0 amide bonds. The Morgan fingerprint density at radius 1 is 1.47 bits per heavy atom. The van der Waals surface area contributed by atoms with Gasteiger partial charge in [0.2, 0.25) is 0 Å². The highest BCUT2D eigenvalue weighted by molar-refractivity contribution is 6.74. The first-order chi connectivity index (χ1) is 7.76. The molecule has 5 heteroatoms. The molecule has 1 heterocycles. The Balaban J connectivity index is 2.45. The van der Waals surface area contributed by atoms with Crippen LogP contribution in [-0.2, 0) is 11.0 Å². The van der Waals surface area contributed by atoms with Crippen molar-refractivity contribution >= 4 is 14.6 Å². The third kappa shape index (κ3) is 3.78. The minimum Gasteiger partial charge on any atom is -0.415 e. The quantitative estimate of drug-likeness (QED) is 0.599. The molecule has 0 aliphatic rings. The van der Waals surface area contributed by atoms with Crippen molar-refractivity contribution in [2.45, 2.75) is 45.4 Å². The van der Waals surface area contributed by atoms with Gasteiger partial charge in [0.1, 0.15) is 0 Å². The van der Waals surface area contributed by atoms with Crippen molar-refractivity contribution in [3.8, 4) is 0 Å². The summed E-state index contributed by atoms with van der Waals surface area (Å²) in [4.78, 5) is 10.5. The van der Waals surface area contributed by atoms with E-state index in [1.165, 1.54) is 0 Å². The molecule has 0 spiro atoms. The second-order valence-corrected chi connectivity index (χ2v) is 10.6. The Bertz CT molecular complexity index is 380. The van der Waals surface area contributed by atoms with Crippen LogP contribution in [0.1, 0.15) is 31.1 Å². The fraction of sp³-hybridized carbons (Fsp3) is 0.667. The number of hydrogen-bond donors (Lipinski definition) is 0. The summed E-state index contributed by atoms with van der Waals surface area (Å²) in [7, 11) is -1.67. The highest BCUT2D eigenvalue weighted by Crippen LogP contribution is 2.36. The standard InChI is InChI=1S/C12H22N2O2Si/c1-12(2,3)17(4,5)16-7-6-14-9-11(10-15)8-13-14/h8-10H,6-7H2,1-5H3. The average molecular weight is 254 g/mol. The van der Waals surface area contributed by atoms with Crippen molar-refractivity contribution in [2.24, 2.45) is 0 Å². The van der Waals surface area contributed by atoms with E-state index >= 15 is 0 Å². The molecular weight excluding hydrogens is 232 g/mol. The summed E-state index contributed by atoms with van der Waals surface area (Å²) in [6.45, 7) is 12.5. The predicted octanol–water partition coefficient (Wildman–Crippen LogP) is 2.72. The Labute approximate surface area is 104 Å². The monoisotopic (exact) mass is 254 g/mol. The van der Waals surface area contributed by atoms with E-state index in [0.717, 1.165) is 6.29 Å². The number of hydrogen-bond acceptors (Lipinski definition) is 3. The first-order valence-corrected chi connectivity index (χ1v) is 8.79. The molecule has 17 heavy (non-hydrogen) atoms. The van der Waals surface area contributed by atoms with Crippen LogP contribution >= 0.6 is 0 Å². The Hall–Kier alpha value is -0.943. The van der Waals surface area contributed by atoms with Crippen LogP contribution in [0.3, 0.4) is 0 Å². The molecule has 0 saturated carbocycles. The number of carbonyl (C=O) groups is 1. The molecule has 1 aromatic rings. The molecule has 0 fully saturated rings. The van der Waals surface area contributed by atoms with Crippen molar-refractivity contribution in [1.29, 1.82) is 0 Å². The van der Waals surface area contributed by atoms with Gasteiger partial charge in [0.15, 0.2) is 14.6 Å². The van der Waals surface area contributed by atoms with Crippen molar-refractivity contribution < 1.29 is 9.22 Å². The van der Waals surface area contributed by atoms with Crippen LogP contribution in [-0.4, -0.2) is 31.0 Å². The van der Waals surface area contributed by atoms with Crippen LogP contribution < -0.4 is 0 Å². The van der Waals surface area contributed by atoms with Crippen LogP contribution in [0.15, 0.2) is 12.4 Å².